The van der Waals surface area contributed by atoms with Gasteiger partial charge in [0.2, 0.25) is 5.91 Å². The van der Waals surface area contributed by atoms with Gasteiger partial charge in [-0.25, -0.2) is 0 Å². The normalized spacial score (nSPS) is 34.6. The maximum atomic E-state index is 11.5. The van der Waals surface area contributed by atoms with Crippen LogP contribution in [0.1, 0.15) is 33.1 Å². The van der Waals surface area contributed by atoms with Gasteiger partial charge in [0.25, 0.3) is 0 Å². The van der Waals surface area contributed by atoms with Gasteiger partial charge < -0.3 is 4.90 Å². The van der Waals surface area contributed by atoms with Gasteiger partial charge in [-0.2, -0.15) is 0 Å². The highest BCUT2D eigenvalue weighted by Crippen LogP contribution is 2.54. The van der Waals surface area contributed by atoms with Crippen LogP contribution in [0, 0.1) is 17.3 Å². The first-order chi connectivity index (χ1) is 7.06. The molecule has 1 aliphatic heterocycles. The highest BCUT2D eigenvalue weighted by atomic mass is 16.2. The van der Waals surface area contributed by atoms with Crippen molar-refractivity contribution in [2.24, 2.45) is 17.3 Å². The Morgan fingerprint density at radius 2 is 2.20 bits per heavy atom. The van der Waals surface area contributed by atoms with Crippen LogP contribution < -0.4 is 0 Å². The monoisotopic (exact) mass is 207 g/mol. The first kappa shape index (κ1) is 10.7. The molecule has 0 N–H and O–H groups in total. The Kier molecular flexibility index (Phi) is 2.61. The first-order valence-electron chi connectivity index (χ1n) is 5.98. The van der Waals surface area contributed by atoms with Crippen LogP contribution in [0.15, 0.2) is 12.7 Å². The molecule has 1 aliphatic carbocycles. The van der Waals surface area contributed by atoms with E-state index in [-0.39, 0.29) is 5.91 Å². The van der Waals surface area contributed by atoms with Crippen LogP contribution in [0.5, 0.6) is 0 Å². The average Bonchev–Trinajstić information content (AvgIpc) is 2.58. The van der Waals surface area contributed by atoms with Crippen molar-refractivity contribution in [3.63, 3.8) is 0 Å². The van der Waals surface area contributed by atoms with Gasteiger partial charge in [0.15, 0.2) is 0 Å². The molecule has 2 rings (SSSR count). The molecule has 2 fully saturated rings. The summed E-state index contributed by atoms with van der Waals surface area (Å²) in [5.74, 6) is 1.81. The van der Waals surface area contributed by atoms with Gasteiger partial charge in [-0.1, -0.05) is 20.4 Å². The van der Waals surface area contributed by atoms with Gasteiger partial charge in [-0.15, -0.1) is 0 Å². The standard InChI is InChI=1S/C13H21NO/c1-4-12(15)14-6-5-13(9-14)7-11(8-13)10(2)3/h4,10-11H,1,5-9H2,2-3H3/t11-,13-. The molecule has 0 atom stereocenters. The molecular formula is C13H21NO. The lowest BCUT2D eigenvalue weighted by Crippen LogP contribution is -2.42. The molecule has 2 nitrogen and oxygen atoms in total. The largest absolute Gasteiger partial charge is 0.339 e. The number of nitrogens with zero attached hydrogens (tertiary/aromatic N) is 1. The van der Waals surface area contributed by atoms with E-state index >= 15 is 0 Å². The number of rotatable bonds is 2. The summed E-state index contributed by atoms with van der Waals surface area (Å²) in [6.45, 7) is 10.1. The van der Waals surface area contributed by atoms with Crippen LogP contribution in [0.4, 0.5) is 0 Å². The van der Waals surface area contributed by atoms with Crippen molar-refractivity contribution in [2.75, 3.05) is 13.1 Å². The smallest absolute Gasteiger partial charge is 0.245 e. The molecule has 15 heavy (non-hydrogen) atoms. The Labute approximate surface area is 92.3 Å². The Bertz CT molecular complexity index is 276. The van der Waals surface area contributed by atoms with Gasteiger partial charge >= 0.3 is 0 Å². The fourth-order valence-corrected chi connectivity index (χ4v) is 3.11. The number of carbonyl (C=O) groups excluding carboxylic acids is 1. The Balaban J connectivity index is 1.89. The summed E-state index contributed by atoms with van der Waals surface area (Å²) in [5, 5.41) is 0. The van der Waals surface area contributed by atoms with E-state index in [1.54, 1.807) is 0 Å². The van der Waals surface area contributed by atoms with Crippen molar-refractivity contribution in [2.45, 2.75) is 33.1 Å². The topological polar surface area (TPSA) is 20.3 Å². The Morgan fingerprint density at radius 3 is 2.73 bits per heavy atom. The zero-order valence-corrected chi connectivity index (χ0v) is 9.83. The number of carbonyl (C=O) groups is 1. The molecule has 0 unspecified atom stereocenters. The molecular weight excluding hydrogens is 186 g/mol. The zero-order valence-electron chi connectivity index (χ0n) is 9.83. The molecule has 84 valence electrons. The van der Waals surface area contributed by atoms with Crippen molar-refractivity contribution in [1.29, 1.82) is 0 Å². The van der Waals surface area contributed by atoms with E-state index in [4.69, 9.17) is 0 Å². The van der Waals surface area contributed by atoms with Crippen molar-refractivity contribution < 1.29 is 4.79 Å². The highest BCUT2D eigenvalue weighted by Gasteiger charge is 2.49. The second-order valence-electron chi connectivity index (χ2n) is 5.63. The van der Waals surface area contributed by atoms with Crippen LogP contribution in [-0.4, -0.2) is 23.9 Å². The zero-order chi connectivity index (χ0) is 11.1. The summed E-state index contributed by atoms with van der Waals surface area (Å²) < 4.78 is 0. The summed E-state index contributed by atoms with van der Waals surface area (Å²) >= 11 is 0. The molecule has 1 amide bonds. The van der Waals surface area contributed by atoms with E-state index in [0.29, 0.717) is 5.41 Å². The maximum absolute atomic E-state index is 11.5. The Hall–Kier alpha value is -0.790. The summed E-state index contributed by atoms with van der Waals surface area (Å²) in [4.78, 5) is 13.4. The quantitative estimate of drug-likeness (QED) is 0.637. The molecule has 0 aromatic heterocycles. The molecule has 0 aromatic rings. The highest BCUT2D eigenvalue weighted by molar-refractivity contribution is 5.87. The van der Waals surface area contributed by atoms with Crippen molar-refractivity contribution in [3.05, 3.63) is 12.7 Å². The van der Waals surface area contributed by atoms with Crippen molar-refractivity contribution in [3.8, 4) is 0 Å². The molecule has 1 heterocycles. The summed E-state index contributed by atoms with van der Waals surface area (Å²) in [6, 6.07) is 0. The second kappa shape index (κ2) is 3.66. The van der Waals surface area contributed by atoms with Crippen LogP contribution in [0.25, 0.3) is 0 Å². The molecule has 2 heteroatoms. The van der Waals surface area contributed by atoms with Crippen LogP contribution >= 0.6 is 0 Å². The van der Waals surface area contributed by atoms with Gasteiger partial charge in [0, 0.05) is 13.1 Å². The summed E-state index contributed by atoms with van der Waals surface area (Å²) in [5.41, 5.74) is 0.480. The lowest BCUT2D eigenvalue weighted by molar-refractivity contribution is -0.126. The fraction of sp³-hybridized carbons (Fsp3) is 0.769. The van der Waals surface area contributed by atoms with Crippen molar-refractivity contribution in [1.82, 2.24) is 4.90 Å². The van der Waals surface area contributed by atoms with Gasteiger partial charge in [0.1, 0.15) is 0 Å². The molecule has 0 aromatic carbocycles. The van der Waals surface area contributed by atoms with E-state index in [2.05, 4.69) is 20.4 Å². The van der Waals surface area contributed by atoms with E-state index in [1.807, 2.05) is 4.90 Å². The molecule has 1 spiro atoms. The minimum Gasteiger partial charge on any atom is -0.339 e. The predicted molar refractivity (Wildman–Crippen MR) is 61.4 cm³/mol. The van der Waals surface area contributed by atoms with Crippen LogP contribution in [-0.2, 0) is 4.79 Å². The van der Waals surface area contributed by atoms with Gasteiger partial charge in [0.05, 0.1) is 0 Å². The average molecular weight is 207 g/mol. The third-order valence-corrected chi connectivity index (χ3v) is 4.26. The number of hydrogen-bond acceptors (Lipinski definition) is 1. The van der Waals surface area contributed by atoms with Crippen molar-refractivity contribution >= 4 is 5.91 Å². The molecule has 0 bridgehead atoms. The minimum atomic E-state index is 0.111. The summed E-state index contributed by atoms with van der Waals surface area (Å²) in [7, 11) is 0. The van der Waals surface area contributed by atoms with E-state index in [9.17, 15) is 4.79 Å². The first-order valence-corrected chi connectivity index (χ1v) is 5.98. The van der Waals surface area contributed by atoms with Crippen LogP contribution in [0.3, 0.4) is 0 Å². The predicted octanol–water partition coefficient (Wildman–Crippen LogP) is 2.46. The van der Waals surface area contributed by atoms with Crippen LogP contribution in [0.2, 0.25) is 0 Å². The number of amides is 1. The molecule has 0 radical (unpaired) electrons. The van der Waals surface area contributed by atoms with E-state index < -0.39 is 0 Å². The molecule has 1 saturated heterocycles. The van der Waals surface area contributed by atoms with Gasteiger partial charge in [-0.05, 0) is 42.6 Å². The second-order valence-corrected chi connectivity index (χ2v) is 5.63. The van der Waals surface area contributed by atoms with Gasteiger partial charge in [-0.3, -0.25) is 4.79 Å². The lowest BCUT2D eigenvalue weighted by atomic mass is 9.58. The Morgan fingerprint density at radius 1 is 1.53 bits per heavy atom. The van der Waals surface area contributed by atoms with E-state index in [1.165, 1.54) is 25.3 Å². The fourth-order valence-electron chi connectivity index (χ4n) is 3.11. The third kappa shape index (κ3) is 1.82. The maximum Gasteiger partial charge on any atom is 0.245 e. The third-order valence-electron chi connectivity index (χ3n) is 4.26. The summed E-state index contributed by atoms with van der Waals surface area (Å²) in [6.07, 6.45) is 5.30. The minimum absolute atomic E-state index is 0.111. The number of hydrogen-bond donors (Lipinski definition) is 0. The molecule has 2 aliphatic rings. The molecule has 1 saturated carbocycles. The number of likely N-dealkylation sites (tertiary alicyclic amines) is 1. The SMILES string of the molecule is C=CC(=O)N1CC[C@]2(C1)C[C@H](C(C)C)C2. The lowest BCUT2D eigenvalue weighted by Gasteiger charge is -2.47. The van der Waals surface area contributed by atoms with E-state index in [0.717, 1.165) is 24.9 Å².